The topological polar surface area (TPSA) is 66.0 Å². The zero-order chi connectivity index (χ0) is 22.7. The second kappa shape index (κ2) is 8.54. The van der Waals surface area contributed by atoms with Gasteiger partial charge in [0, 0.05) is 0 Å². The van der Waals surface area contributed by atoms with E-state index < -0.39 is 46.8 Å². The zero-order valence-electron chi connectivity index (χ0n) is 15.6. The fourth-order valence-corrected chi connectivity index (χ4v) is 2.48. The largest absolute Gasteiger partial charge is 0.487 e. The molecule has 158 valence electrons. The smallest absolute Gasteiger partial charge is 0.417 e. The maximum Gasteiger partial charge on any atom is 0.417 e. The van der Waals surface area contributed by atoms with Crippen LogP contribution in [0.25, 0.3) is 0 Å². The Morgan fingerprint density at radius 1 is 0.700 bits per heavy atom. The summed E-state index contributed by atoms with van der Waals surface area (Å²) in [5.74, 6) is -0.361. The monoisotopic (exact) mass is 428 g/mol. The van der Waals surface area contributed by atoms with Gasteiger partial charge in [0.2, 0.25) is 0 Å². The van der Waals surface area contributed by atoms with Gasteiger partial charge in [0.25, 0.3) is 0 Å². The van der Waals surface area contributed by atoms with Gasteiger partial charge in [-0.1, -0.05) is 0 Å². The molecule has 0 aromatic heterocycles. The Kier molecular flexibility index (Phi) is 6.51. The molecule has 0 heterocycles. The second-order valence-electron chi connectivity index (χ2n) is 6.28. The lowest BCUT2D eigenvalue weighted by atomic mass is 10.1. The van der Waals surface area contributed by atoms with E-state index in [-0.39, 0.29) is 11.5 Å². The lowest BCUT2D eigenvalue weighted by Gasteiger charge is -2.24. The third-order valence-electron chi connectivity index (χ3n) is 4.14. The Morgan fingerprint density at radius 3 is 1.30 bits per heavy atom. The van der Waals surface area contributed by atoms with E-state index in [1.807, 2.05) is 0 Å². The summed E-state index contributed by atoms with van der Waals surface area (Å²) < 4.78 is 89.1. The Hall–Kier alpha value is -3.40. The average molecular weight is 428 g/mol. The molecule has 0 amide bonds. The number of rotatable bonds is 5. The van der Waals surface area contributed by atoms with Gasteiger partial charge in [-0.25, -0.2) is 0 Å². The van der Waals surface area contributed by atoms with Crippen LogP contribution in [0.1, 0.15) is 36.1 Å². The average Bonchev–Trinajstić information content (AvgIpc) is 2.66. The van der Waals surface area contributed by atoms with Crippen LogP contribution in [0.5, 0.6) is 11.5 Å². The Labute approximate surface area is 167 Å². The minimum absolute atomic E-state index is 0.180. The zero-order valence-corrected chi connectivity index (χ0v) is 15.6. The van der Waals surface area contributed by atoms with Crippen LogP contribution in [0.3, 0.4) is 0 Å². The quantitative estimate of drug-likeness (QED) is 0.573. The van der Waals surface area contributed by atoms with E-state index in [4.69, 9.17) is 20.0 Å². The third kappa shape index (κ3) is 5.35. The van der Waals surface area contributed by atoms with Crippen molar-refractivity contribution in [2.75, 3.05) is 0 Å². The van der Waals surface area contributed by atoms with E-state index >= 15 is 0 Å². The molecule has 0 aliphatic heterocycles. The highest BCUT2D eigenvalue weighted by Crippen LogP contribution is 2.36. The fraction of sp³-hybridized carbons (Fsp3) is 0.300. The third-order valence-corrected chi connectivity index (χ3v) is 4.14. The van der Waals surface area contributed by atoms with Gasteiger partial charge in [-0.2, -0.15) is 36.9 Å². The van der Waals surface area contributed by atoms with Crippen LogP contribution in [-0.4, -0.2) is 12.2 Å². The van der Waals surface area contributed by atoms with E-state index in [2.05, 4.69) is 0 Å². The summed E-state index contributed by atoms with van der Waals surface area (Å²) in [5, 5.41) is 17.6. The first-order valence-corrected chi connectivity index (χ1v) is 8.42. The van der Waals surface area contributed by atoms with Gasteiger partial charge >= 0.3 is 12.4 Å². The van der Waals surface area contributed by atoms with Gasteiger partial charge in [0.1, 0.15) is 23.7 Å². The van der Waals surface area contributed by atoms with Crippen molar-refractivity contribution in [2.45, 2.75) is 38.4 Å². The molecule has 2 aromatic carbocycles. The maximum atomic E-state index is 13.0. The van der Waals surface area contributed by atoms with Crippen molar-refractivity contribution in [3.05, 3.63) is 58.7 Å². The van der Waals surface area contributed by atoms with Crippen LogP contribution in [0.2, 0.25) is 0 Å². The molecule has 0 bridgehead atoms. The predicted molar refractivity (Wildman–Crippen MR) is 92.5 cm³/mol. The summed E-state index contributed by atoms with van der Waals surface area (Å²) in [7, 11) is 0. The van der Waals surface area contributed by atoms with E-state index in [1.54, 1.807) is 0 Å². The summed E-state index contributed by atoms with van der Waals surface area (Å²) in [4.78, 5) is 0. The predicted octanol–water partition coefficient (Wildman–Crippen LogP) is 5.70. The van der Waals surface area contributed by atoms with Crippen molar-refractivity contribution in [3.63, 3.8) is 0 Å². The summed E-state index contributed by atoms with van der Waals surface area (Å²) >= 11 is 0. The molecule has 2 rings (SSSR count). The highest BCUT2D eigenvalue weighted by Gasteiger charge is 2.35. The van der Waals surface area contributed by atoms with Crippen molar-refractivity contribution in [1.29, 1.82) is 10.5 Å². The Balaban J connectivity index is 2.19. The molecule has 10 heteroatoms. The number of benzene rings is 2. The molecule has 0 saturated carbocycles. The minimum Gasteiger partial charge on any atom is -0.487 e. The number of halogens is 6. The number of ether oxygens (including phenoxy) is 2. The number of nitrogens with zero attached hydrogens (tertiary/aromatic N) is 2. The Bertz CT molecular complexity index is 921. The summed E-state index contributed by atoms with van der Waals surface area (Å²) in [6.45, 7) is 2.93. The number of alkyl halides is 6. The molecular weight excluding hydrogens is 414 g/mol. The summed E-state index contributed by atoms with van der Waals surface area (Å²) in [5.41, 5.74) is -3.46. The molecule has 0 fully saturated rings. The maximum absolute atomic E-state index is 13.0. The van der Waals surface area contributed by atoms with Crippen LogP contribution in [0, 0.1) is 22.7 Å². The first-order valence-electron chi connectivity index (χ1n) is 8.42. The molecule has 2 aromatic rings. The van der Waals surface area contributed by atoms with Gasteiger partial charge < -0.3 is 9.47 Å². The number of hydrogen-bond acceptors (Lipinski definition) is 4. The standard InChI is InChI=1S/C20H14F6N2O2/c1-11(29-15-5-3-13(9-27)17(7-15)19(21,22)23)12(2)30-16-6-4-14(10-28)18(8-16)20(24,25)26/h3-8,11-12H,1-2H3/t11-,12?/m0/s1. The number of hydrogen-bond donors (Lipinski definition) is 0. The van der Waals surface area contributed by atoms with Crippen molar-refractivity contribution >= 4 is 0 Å². The SMILES string of the molecule is CC(Oc1ccc(C#N)c(C(F)(F)F)c1)[C@H](C)Oc1ccc(C#N)c(C(F)(F)F)c1. The van der Waals surface area contributed by atoms with Crippen LogP contribution >= 0.6 is 0 Å². The lowest BCUT2D eigenvalue weighted by Crippen LogP contribution is -2.31. The van der Waals surface area contributed by atoms with Crippen molar-refractivity contribution < 1.29 is 35.8 Å². The summed E-state index contributed by atoms with van der Waals surface area (Å²) in [6, 6.07) is 8.54. The molecular formula is C20H14F6N2O2. The highest BCUT2D eigenvalue weighted by atomic mass is 19.4. The van der Waals surface area contributed by atoms with Crippen molar-refractivity contribution in [3.8, 4) is 23.6 Å². The van der Waals surface area contributed by atoms with Gasteiger partial charge in [-0.05, 0) is 50.2 Å². The van der Waals surface area contributed by atoms with Crippen LogP contribution < -0.4 is 9.47 Å². The van der Waals surface area contributed by atoms with Crippen molar-refractivity contribution in [2.24, 2.45) is 0 Å². The van der Waals surface area contributed by atoms with E-state index in [0.29, 0.717) is 12.1 Å². The van der Waals surface area contributed by atoms with Crippen LogP contribution in [-0.2, 0) is 12.4 Å². The van der Waals surface area contributed by atoms with Gasteiger partial charge in [-0.15, -0.1) is 0 Å². The van der Waals surface area contributed by atoms with E-state index in [0.717, 1.165) is 12.1 Å². The normalized spacial score (nSPS) is 13.7. The molecule has 0 spiro atoms. The number of nitriles is 2. The van der Waals surface area contributed by atoms with Crippen LogP contribution in [0.15, 0.2) is 36.4 Å². The summed E-state index contributed by atoms with van der Waals surface area (Å²) in [6.07, 6.45) is -11.2. The molecule has 1 unspecified atom stereocenters. The van der Waals surface area contributed by atoms with E-state index in [9.17, 15) is 26.3 Å². The van der Waals surface area contributed by atoms with Gasteiger partial charge in [0.05, 0.1) is 34.4 Å². The Morgan fingerprint density at radius 2 is 1.03 bits per heavy atom. The highest BCUT2D eigenvalue weighted by molar-refractivity contribution is 5.45. The first-order chi connectivity index (χ1) is 13.9. The molecule has 2 atom stereocenters. The lowest BCUT2D eigenvalue weighted by molar-refractivity contribution is -0.138. The first kappa shape index (κ1) is 22.9. The second-order valence-corrected chi connectivity index (χ2v) is 6.28. The molecule has 30 heavy (non-hydrogen) atoms. The molecule has 0 aliphatic carbocycles. The molecule has 0 radical (unpaired) electrons. The minimum atomic E-state index is -4.76. The van der Waals surface area contributed by atoms with Gasteiger partial charge in [-0.3, -0.25) is 0 Å². The van der Waals surface area contributed by atoms with Crippen molar-refractivity contribution in [1.82, 2.24) is 0 Å². The molecule has 0 saturated heterocycles. The molecule has 4 nitrogen and oxygen atoms in total. The molecule has 0 aliphatic rings. The fourth-order valence-electron chi connectivity index (χ4n) is 2.48. The van der Waals surface area contributed by atoms with E-state index in [1.165, 1.54) is 38.1 Å². The van der Waals surface area contributed by atoms with Crippen LogP contribution in [0.4, 0.5) is 26.3 Å². The van der Waals surface area contributed by atoms with Gasteiger partial charge in [0.15, 0.2) is 0 Å². The molecule has 0 N–H and O–H groups in total.